The molecule has 2 amide bonds. The van der Waals surface area contributed by atoms with Gasteiger partial charge in [-0.25, -0.2) is 4.98 Å². The van der Waals surface area contributed by atoms with Gasteiger partial charge in [0, 0.05) is 12.6 Å². The molecular formula is C18H16ClN3O4S. The van der Waals surface area contributed by atoms with Crippen LogP contribution in [-0.2, 0) is 4.79 Å². The van der Waals surface area contributed by atoms with Gasteiger partial charge in [0.2, 0.25) is 0 Å². The lowest BCUT2D eigenvalue weighted by Crippen LogP contribution is -2.26. The Morgan fingerprint density at radius 3 is 2.70 bits per heavy atom. The number of fused-ring (bicyclic) bond motifs is 1. The molecule has 1 heterocycles. The average Bonchev–Trinajstić information content (AvgIpc) is 3.09. The summed E-state index contributed by atoms with van der Waals surface area (Å²) in [4.78, 5) is 29.7. The molecule has 0 saturated carbocycles. The molecule has 0 radical (unpaired) electrons. The van der Waals surface area contributed by atoms with Crippen molar-refractivity contribution in [3.8, 4) is 11.5 Å². The Labute approximate surface area is 164 Å². The van der Waals surface area contributed by atoms with Crippen molar-refractivity contribution in [2.75, 3.05) is 25.7 Å². The molecule has 3 rings (SSSR count). The van der Waals surface area contributed by atoms with Gasteiger partial charge in [-0.05, 0) is 24.3 Å². The highest BCUT2D eigenvalue weighted by Crippen LogP contribution is 2.37. The Morgan fingerprint density at radius 1 is 1.30 bits per heavy atom. The minimum atomic E-state index is -0.649. The standard InChI is InChI=1S/C18H16ClN3O4S/c1-22(18-21-12-5-3-4-6-14(12)27-18)17(24)10-7-11(19)16(13(8-10)25-2)26-9-15(20)23/h3-8H,9H2,1-2H3,(H2,20,23). The predicted molar refractivity (Wildman–Crippen MR) is 105 cm³/mol. The number of methoxy groups -OCH3 is 1. The fourth-order valence-corrected chi connectivity index (χ4v) is 3.60. The van der Waals surface area contributed by atoms with Crippen LogP contribution in [0.4, 0.5) is 5.13 Å². The maximum atomic E-state index is 12.9. The van der Waals surface area contributed by atoms with Gasteiger partial charge < -0.3 is 15.2 Å². The van der Waals surface area contributed by atoms with Gasteiger partial charge in [-0.15, -0.1) is 0 Å². The van der Waals surface area contributed by atoms with Crippen molar-refractivity contribution >= 4 is 50.1 Å². The van der Waals surface area contributed by atoms with Gasteiger partial charge in [0.15, 0.2) is 23.2 Å². The highest BCUT2D eigenvalue weighted by Gasteiger charge is 2.21. The third-order valence-corrected chi connectivity index (χ3v) is 5.10. The Kier molecular flexibility index (Phi) is 5.48. The Hall–Kier alpha value is -2.84. The molecule has 0 aliphatic carbocycles. The number of nitrogens with zero attached hydrogens (tertiary/aromatic N) is 2. The van der Waals surface area contributed by atoms with E-state index >= 15 is 0 Å². The van der Waals surface area contributed by atoms with E-state index in [0.29, 0.717) is 10.7 Å². The highest BCUT2D eigenvalue weighted by molar-refractivity contribution is 7.22. The van der Waals surface area contributed by atoms with Crippen molar-refractivity contribution in [1.82, 2.24) is 4.98 Å². The normalized spacial score (nSPS) is 10.6. The monoisotopic (exact) mass is 405 g/mol. The second-order valence-electron chi connectivity index (χ2n) is 5.57. The third kappa shape index (κ3) is 3.96. The fraction of sp³-hybridized carbons (Fsp3) is 0.167. The fourth-order valence-electron chi connectivity index (χ4n) is 2.41. The van der Waals surface area contributed by atoms with Crippen molar-refractivity contribution in [2.45, 2.75) is 0 Å². The summed E-state index contributed by atoms with van der Waals surface area (Å²) in [6, 6.07) is 10.6. The number of anilines is 1. The number of amides is 2. The molecule has 2 aromatic carbocycles. The second kappa shape index (κ2) is 7.81. The number of hydrogen-bond acceptors (Lipinski definition) is 6. The van der Waals surface area contributed by atoms with Crippen LogP contribution in [-0.4, -0.2) is 37.6 Å². The van der Waals surface area contributed by atoms with Crippen LogP contribution in [0, 0.1) is 0 Å². The number of carbonyl (C=O) groups excluding carboxylic acids is 2. The number of aromatic nitrogens is 1. The van der Waals surface area contributed by atoms with Crippen LogP contribution in [0.5, 0.6) is 11.5 Å². The summed E-state index contributed by atoms with van der Waals surface area (Å²) < 4.78 is 11.5. The molecule has 0 aliphatic rings. The lowest BCUT2D eigenvalue weighted by molar-refractivity contribution is -0.119. The number of thiazole rings is 1. The Bertz CT molecular complexity index is 988. The van der Waals surface area contributed by atoms with Gasteiger partial charge in [0.05, 0.1) is 22.3 Å². The smallest absolute Gasteiger partial charge is 0.259 e. The van der Waals surface area contributed by atoms with Crippen LogP contribution in [0.15, 0.2) is 36.4 Å². The van der Waals surface area contributed by atoms with Gasteiger partial charge in [-0.2, -0.15) is 0 Å². The van der Waals surface area contributed by atoms with Gasteiger partial charge >= 0.3 is 0 Å². The number of nitrogens with two attached hydrogens (primary N) is 1. The van der Waals surface area contributed by atoms with E-state index in [1.807, 2.05) is 24.3 Å². The summed E-state index contributed by atoms with van der Waals surface area (Å²) in [6.07, 6.45) is 0. The quantitative estimate of drug-likeness (QED) is 0.679. The second-order valence-corrected chi connectivity index (χ2v) is 6.99. The number of ether oxygens (including phenoxy) is 2. The number of rotatable bonds is 6. The first-order valence-corrected chi connectivity index (χ1v) is 9.02. The van der Waals surface area contributed by atoms with E-state index in [1.165, 1.54) is 35.5 Å². The topological polar surface area (TPSA) is 94.8 Å². The molecule has 0 fully saturated rings. The largest absolute Gasteiger partial charge is 0.493 e. The van der Waals surface area contributed by atoms with Crippen molar-refractivity contribution in [1.29, 1.82) is 0 Å². The van der Waals surface area contributed by atoms with E-state index in [2.05, 4.69) is 4.98 Å². The molecule has 0 bridgehead atoms. The van der Waals surface area contributed by atoms with E-state index < -0.39 is 5.91 Å². The van der Waals surface area contributed by atoms with Gasteiger partial charge in [-0.3, -0.25) is 14.5 Å². The third-order valence-electron chi connectivity index (χ3n) is 3.71. The van der Waals surface area contributed by atoms with E-state index in [4.69, 9.17) is 26.8 Å². The number of hydrogen-bond donors (Lipinski definition) is 1. The molecule has 0 saturated heterocycles. The molecule has 1 aromatic heterocycles. The molecular weight excluding hydrogens is 390 g/mol. The number of para-hydroxylation sites is 1. The first-order valence-electron chi connectivity index (χ1n) is 7.83. The number of halogens is 1. The maximum absolute atomic E-state index is 12.9. The first kappa shape index (κ1) is 18.9. The lowest BCUT2D eigenvalue weighted by atomic mass is 10.1. The van der Waals surface area contributed by atoms with E-state index in [0.717, 1.165) is 10.2 Å². The number of benzene rings is 2. The molecule has 27 heavy (non-hydrogen) atoms. The van der Waals surface area contributed by atoms with Gasteiger partial charge in [-0.1, -0.05) is 35.1 Å². The molecule has 7 nitrogen and oxygen atoms in total. The number of primary amides is 1. The minimum Gasteiger partial charge on any atom is -0.493 e. The van der Waals surface area contributed by atoms with Crippen LogP contribution in [0.25, 0.3) is 10.2 Å². The van der Waals surface area contributed by atoms with Crippen LogP contribution in [0.1, 0.15) is 10.4 Å². The van der Waals surface area contributed by atoms with Crippen LogP contribution >= 0.6 is 22.9 Å². The zero-order valence-corrected chi connectivity index (χ0v) is 16.1. The van der Waals surface area contributed by atoms with Gasteiger partial charge in [0.25, 0.3) is 11.8 Å². The average molecular weight is 406 g/mol. The Morgan fingerprint density at radius 2 is 2.04 bits per heavy atom. The molecule has 0 atom stereocenters. The zero-order valence-electron chi connectivity index (χ0n) is 14.6. The Balaban J connectivity index is 1.91. The molecule has 2 N–H and O–H groups in total. The summed E-state index contributed by atoms with van der Waals surface area (Å²) in [5.74, 6) is -0.582. The summed E-state index contributed by atoms with van der Waals surface area (Å²) in [5.41, 5.74) is 6.20. The summed E-state index contributed by atoms with van der Waals surface area (Å²) in [5, 5.41) is 0.696. The van der Waals surface area contributed by atoms with E-state index in [-0.39, 0.29) is 29.0 Å². The number of carbonyl (C=O) groups is 2. The molecule has 9 heteroatoms. The van der Waals surface area contributed by atoms with Crippen molar-refractivity contribution < 1.29 is 19.1 Å². The molecule has 0 aliphatic heterocycles. The van der Waals surface area contributed by atoms with Gasteiger partial charge in [0.1, 0.15) is 0 Å². The minimum absolute atomic E-state index is 0.136. The zero-order chi connectivity index (χ0) is 19.6. The van der Waals surface area contributed by atoms with Crippen molar-refractivity contribution in [2.24, 2.45) is 5.73 Å². The van der Waals surface area contributed by atoms with Crippen molar-refractivity contribution in [3.63, 3.8) is 0 Å². The molecule has 0 spiro atoms. The molecule has 3 aromatic rings. The first-order chi connectivity index (χ1) is 12.9. The van der Waals surface area contributed by atoms with Crippen LogP contribution in [0.3, 0.4) is 0 Å². The summed E-state index contributed by atoms with van der Waals surface area (Å²) >= 11 is 7.63. The molecule has 0 unspecified atom stereocenters. The molecule has 140 valence electrons. The van der Waals surface area contributed by atoms with Crippen LogP contribution in [0.2, 0.25) is 5.02 Å². The van der Waals surface area contributed by atoms with E-state index in [9.17, 15) is 9.59 Å². The SMILES string of the molecule is COc1cc(C(=O)N(C)c2nc3ccccc3s2)cc(Cl)c1OCC(N)=O. The highest BCUT2D eigenvalue weighted by atomic mass is 35.5. The van der Waals surface area contributed by atoms with E-state index in [1.54, 1.807) is 7.05 Å². The predicted octanol–water partition coefficient (Wildman–Crippen LogP) is 3.10. The van der Waals surface area contributed by atoms with Crippen molar-refractivity contribution in [3.05, 3.63) is 47.0 Å². The maximum Gasteiger partial charge on any atom is 0.259 e. The summed E-state index contributed by atoms with van der Waals surface area (Å²) in [7, 11) is 3.05. The van der Waals surface area contributed by atoms with Crippen LogP contribution < -0.4 is 20.1 Å². The summed E-state index contributed by atoms with van der Waals surface area (Å²) in [6.45, 7) is -0.352. The lowest BCUT2D eigenvalue weighted by Gasteiger charge is -2.16.